The van der Waals surface area contributed by atoms with Crippen molar-refractivity contribution in [2.45, 2.75) is 83.3 Å². The predicted molar refractivity (Wildman–Crippen MR) is 89.5 cm³/mol. The molecule has 1 aromatic carbocycles. The predicted octanol–water partition coefficient (Wildman–Crippen LogP) is 6.27. The fourth-order valence-electron chi connectivity index (χ4n) is 2.42. The van der Waals surface area contributed by atoms with Gasteiger partial charge in [0.2, 0.25) is 0 Å². The van der Waals surface area contributed by atoms with Crippen LogP contribution in [0.25, 0.3) is 0 Å². The molecule has 0 atom stereocenters. The summed E-state index contributed by atoms with van der Waals surface area (Å²) in [4.78, 5) is 1.46. The van der Waals surface area contributed by atoms with E-state index in [9.17, 15) is 0 Å². The van der Waals surface area contributed by atoms with Crippen molar-refractivity contribution >= 4 is 11.8 Å². The standard InChI is InChI=1S/C18H30S/c1-9-18(8,10-2)15-11-13(3)16(14(4)12-15)19-17(5,6)7/h11-12H,9-10H2,1-8H3. The van der Waals surface area contributed by atoms with Gasteiger partial charge in [0.25, 0.3) is 0 Å². The fraction of sp³-hybridized carbons (Fsp3) is 0.667. The Kier molecular flexibility index (Phi) is 5.17. The third-order valence-electron chi connectivity index (χ3n) is 4.13. The molecule has 0 unspecified atom stereocenters. The van der Waals surface area contributed by atoms with Crippen LogP contribution in [0.1, 0.15) is 71.1 Å². The van der Waals surface area contributed by atoms with Crippen LogP contribution in [0.2, 0.25) is 0 Å². The molecule has 0 bridgehead atoms. The summed E-state index contributed by atoms with van der Waals surface area (Å²) in [7, 11) is 0. The summed E-state index contributed by atoms with van der Waals surface area (Å²) in [5.41, 5.74) is 4.69. The van der Waals surface area contributed by atoms with Crippen LogP contribution in [0.4, 0.5) is 0 Å². The van der Waals surface area contributed by atoms with Gasteiger partial charge >= 0.3 is 0 Å². The molecule has 108 valence electrons. The highest BCUT2D eigenvalue weighted by molar-refractivity contribution is 8.00. The maximum Gasteiger partial charge on any atom is 0.0136 e. The molecule has 1 rings (SSSR count). The molecule has 0 fully saturated rings. The molecule has 0 saturated carbocycles. The average Bonchev–Trinajstić information content (AvgIpc) is 2.31. The topological polar surface area (TPSA) is 0 Å². The molecule has 0 heterocycles. The van der Waals surface area contributed by atoms with Gasteiger partial charge in [-0.25, -0.2) is 0 Å². The van der Waals surface area contributed by atoms with E-state index in [1.165, 1.54) is 34.4 Å². The van der Waals surface area contributed by atoms with Crippen LogP contribution >= 0.6 is 11.8 Å². The molecule has 0 aliphatic carbocycles. The minimum absolute atomic E-state index is 0.274. The Morgan fingerprint density at radius 3 is 1.63 bits per heavy atom. The normalized spacial score (nSPS) is 12.8. The molecule has 0 spiro atoms. The number of hydrogen-bond donors (Lipinski definition) is 0. The molecule has 19 heavy (non-hydrogen) atoms. The molecular weight excluding hydrogens is 248 g/mol. The maximum atomic E-state index is 2.41. The Labute approximate surface area is 124 Å². The largest absolute Gasteiger partial charge is 0.120 e. The molecule has 0 aliphatic heterocycles. The van der Waals surface area contributed by atoms with Crippen molar-refractivity contribution in [1.82, 2.24) is 0 Å². The Hall–Kier alpha value is -0.430. The molecule has 0 saturated heterocycles. The number of hydrogen-bond acceptors (Lipinski definition) is 1. The average molecular weight is 279 g/mol. The SMILES string of the molecule is CCC(C)(CC)c1cc(C)c(SC(C)(C)C)c(C)c1. The lowest BCUT2D eigenvalue weighted by Crippen LogP contribution is -2.20. The van der Waals surface area contributed by atoms with Crippen LogP contribution in [0.5, 0.6) is 0 Å². The smallest absolute Gasteiger partial charge is 0.0136 e. The summed E-state index contributed by atoms with van der Waals surface area (Å²) in [5.74, 6) is 0. The Morgan fingerprint density at radius 2 is 1.32 bits per heavy atom. The quantitative estimate of drug-likeness (QED) is 0.585. The van der Waals surface area contributed by atoms with Gasteiger partial charge < -0.3 is 0 Å². The summed E-state index contributed by atoms with van der Waals surface area (Å²) in [6.07, 6.45) is 2.41. The highest BCUT2D eigenvalue weighted by atomic mass is 32.2. The second-order valence-electron chi connectivity index (χ2n) is 6.92. The van der Waals surface area contributed by atoms with E-state index in [0.29, 0.717) is 5.41 Å². The van der Waals surface area contributed by atoms with Crippen molar-refractivity contribution in [3.63, 3.8) is 0 Å². The van der Waals surface area contributed by atoms with Crippen molar-refractivity contribution in [3.05, 3.63) is 28.8 Å². The summed E-state index contributed by atoms with van der Waals surface area (Å²) in [6.45, 7) is 18.4. The highest BCUT2D eigenvalue weighted by Gasteiger charge is 2.24. The van der Waals surface area contributed by atoms with E-state index in [1.807, 2.05) is 11.8 Å². The van der Waals surface area contributed by atoms with Crippen LogP contribution in [0.3, 0.4) is 0 Å². The minimum atomic E-state index is 0.274. The second kappa shape index (κ2) is 5.91. The van der Waals surface area contributed by atoms with E-state index >= 15 is 0 Å². The van der Waals surface area contributed by atoms with Crippen LogP contribution in [-0.2, 0) is 5.41 Å². The first-order chi connectivity index (χ1) is 8.63. The monoisotopic (exact) mass is 278 g/mol. The van der Waals surface area contributed by atoms with Gasteiger partial charge in [-0.3, -0.25) is 0 Å². The zero-order valence-corrected chi connectivity index (χ0v) is 14.8. The van der Waals surface area contributed by atoms with Gasteiger partial charge in [0, 0.05) is 9.64 Å². The van der Waals surface area contributed by atoms with Crippen molar-refractivity contribution in [1.29, 1.82) is 0 Å². The van der Waals surface area contributed by atoms with Gasteiger partial charge in [-0.15, -0.1) is 11.8 Å². The Morgan fingerprint density at radius 1 is 0.895 bits per heavy atom. The summed E-state index contributed by atoms with van der Waals surface area (Å²) in [5, 5.41) is 0. The van der Waals surface area contributed by atoms with Gasteiger partial charge in [0.15, 0.2) is 0 Å². The van der Waals surface area contributed by atoms with E-state index in [4.69, 9.17) is 0 Å². The molecule has 0 amide bonds. The van der Waals surface area contributed by atoms with Gasteiger partial charge in [-0.05, 0) is 48.8 Å². The number of aryl methyl sites for hydroxylation is 2. The molecule has 0 radical (unpaired) electrons. The molecule has 1 heteroatoms. The third-order valence-corrected chi connectivity index (χ3v) is 5.59. The minimum Gasteiger partial charge on any atom is -0.120 e. The first kappa shape index (κ1) is 16.6. The van der Waals surface area contributed by atoms with Crippen molar-refractivity contribution in [3.8, 4) is 0 Å². The first-order valence-corrected chi connectivity index (χ1v) is 8.25. The van der Waals surface area contributed by atoms with E-state index in [2.05, 4.69) is 67.5 Å². The fourth-order valence-corrected chi connectivity index (χ4v) is 3.48. The third kappa shape index (κ3) is 4.02. The maximum absolute atomic E-state index is 2.41. The highest BCUT2D eigenvalue weighted by Crippen LogP contribution is 2.39. The number of benzene rings is 1. The molecule has 0 aliphatic rings. The van der Waals surface area contributed by atoms with Gasteiger partial charge in [-0.1, -0.05) is 53.7 Å². The van der Waals surface area contributed by atoms with Crippen LogP contribution in [-0.4, -0.2) is 4.75 Å². The van der Waals surface area contributed by atoms with E-state index in [1.54, 1.807) is 0 Å². The van der Waals surface area contributed by atoms with Crippen molar-refractivity contribution in [2.24, 2.45) is 0 Å². The van der Waals surface area contributed by atoms with Gasteiger partial charge in [0.05, 0.1) is 0 Å². The Bertz CT molecular complexity index is 410. The van der Waals surface area contributed by atoms with Crippen LogP contribution in [0.15, 0.2) is 17.0 Å². The second-order valence-corrected chi connectivity index (χ2v) is 8.76. The van der Waals surface area contributed by atoms with Gasteiger partial charge in [0.1, 0.15) is 0 Å². The lowest BCUT2D eigenvalue weighted by Gasteiger charge is -2.30. The van der Waals surface area contributed by atoms with Crippen LogP contribution in [0, 0.1) is 13.8 Å². The summed E-state index contributed by atoms with van der Waals surface area (Å²) < 4.78 is 0.274. The number of thioether (sulfide) groups is 1. The molecule has 0 aromatic heterocycles. The summed E-state index contributed by atoms with van der Waals surface area (Å²) >= 11 is 1.99. The van der Waals surface area contributed by atoms with Crippen molar-refractivity contribution < 1.29 is 0 Å². The molecule has 0 nitrogen and oxygen atoms in total. The van der Waals surface area contributed by atoms with Crippen molar-refractivity contribution in [2.75, 3.05) is 0 Å². The molecular formula is C18H30S. The molecule has 0 N–H and O–H groups in total. The zero-order chi connectivity index (χ0) is 14.8. The number of rotatable bonds is 4. The van der Waals surface area contributed by atoms with E-state index in [0.717, 1.165) is 0 Å². The van der Waals surface area contributed by atoms with E-state index < -0.39 is 0 Å². The summed E-state index contributed by atoms with van der Waals surface area (Å²) in [6, 6.07) is 4.82. The molecule has 1 aromatic rings. The lowest BCUT2D eigenvalue weighted by molar-refractivity contribution is 0.438. The first-order valence-electron chi connectivity index (χ1n) is 7.43. The zero-order valence-electron chi connectivity index (χ0n) is 14.0. The van der Waals surface area contributed by atoms with E-state index in [-0.39, 0.29) is 4.75 Å². The lowest BCUT2D eigenvalue weighted by atomic mass is 9.77. The van der Waals surface area contributed by atoms with Crippen LogP contribution < -0.4 is 0 Å². The van der Waals surface area contributed by atoms with Gasteiger partial charge in [-0.2, -0.15) is 0 Å². The Balaban J connectivity index is 3.24.